The zero-order valence-electron chi connectivity index (χ0n) is 28.5. The van der Waals surface area contributed by atoms with Crippen molar-refractivity contribution >= 4 is 17.3 Å². The van der Waals surface area contributed by atoms with Gasteiger partial charge in [0.2, 0.25) is 0 Å². The number of nitrogens with zero attached hydrogens (tertiary/aromatic N) is 3. The average Bonchev–Trinajstić information content (AvgIpc) is 2.99. The molecule has 2 aliphatic heterocycles. The third-order valence-electron chi connectivity index (χ3n) is 10.2. The van der Waals surface area contributed by atoms with Crippen LogP contribution in [-0.4, -0.2) is 9.97 Å². The van der Waals surface area contributed by atoms with Crippen LogP contribution >= 0.6 is 0 Å². The molecule has 0 spiro atoms. The monoisotopic (exact) mass is 607 g/mol. The van der Waals surface area contributed by atoms with Crippen LogP contribution in [0.15, 0.2) is 91.0 Å². The number of pyridine rings is 2. The lowest BCUT2D eigenvalue weighted by Gasteiger charge is -2.48. The van der Waals surface area contributed by atoms with Gasteiger partial charge in [0.05, 0.1) is 17.1 Å². The van der Waals surface area contributed by atoms with Crippen molar-refractivity contribution in [1.82, 2.24) is 9.97 Å². The van der Waals surface area contributed by atoms with Gasteiger partial charge in [-0.3, -0.25) is 4.90 Å². The number of aromatic nitrogens is 2. The van der Waals surface area contributed by atoms with Gasteiger partial charge < -0.3 is 0 Å². The van der Waals surface area contributed by atoms with Gasteiger partial charge in [-0.25, -0.2) is 9.97 Å². The van der Waals surface area contributed by atoms with Crippen molar-refractivity contribution in [3.05, 3.63) is 124 Å². The largest absolute Gasteiger partial charge is 0.278 e. The molecule has 0 amide bonds. The molecule has 0 unspecified atom stereocenters. The van der Waals surface area contributed by atoms with Crippen LogP contribution in [0.25, 0.3) is 22.5 Å². The SMILES string of the molecule is C.CC(C)(C)c1ccc(-c2ccc3c(n2)N2c4nc(-c5ccc(C(C)(C)C)cc5)ccc4C(C)(C)c4cccc(c42)C3(C)C)cc1. The lowest BCUT2D eigenvalue weighted by molar-refractivity contribution is 0.590. The highest BCUT2D eigenvalue weighted by molar-refractivity contribution is 5.91. The van der Waals surface area contributed by atoms with Gasteiger partial charge in [0.15, 0.2) is 0 Å². The Morgan fingerprint density at radius 3 is 1.20 bits per heavy atom. The third-order valence-corrected chi connectivity index (χ3v) is 10.2. The number of hydrogen-bond donors (Lipinski definition) is 0. The molecule has 0 saturated heterocycles. The van der Waals surface area contributed by atoms with Crippen LogP contribution in [0.3, 0.4) is 0 Å². The van der Waals surface area contributed by atoms with Gasteiger partial charge >= 0.3 is 0 Å². The number of rotatable bonds is 2. The van der Waals surface area contributed by atoms with E-state index in [9.17, 15) is 0 Å². The lowest BCUT2D eigenvalue weighted by atomic mass is 9.67. The van der Waals surface area contributed by atoms with Gasteiger partial charge in [-0.1, -0.05) is 156 Å². The van der Waals surface area contributed by atoms with Gasteiger partial charge in [0.1, 0.15) is 11.6 Å². The lowest BCUT2D eigenvalue weighted by Crippen LogP contribution is -2.39. The number of anilines is 3. The Kier molecular flexibility index (Phi) is 7.17. The second kappa shape index (κ2) is 10.4. The molecule has 0 radical (unpaired) electrons. The quantitative estimate of drug-likeness (QED) is 0.200. The van der Waals surface area contributed by atoms with E-state index in [0.29, 0.717) is 0 Å². The van der Waals surface area contributed by atoms with E-state index in [-0.39, 0.29) is 29.1 Å². The molecule has 0 N–H and O–H groups in total. The van der Waals surface area contributed by atoms with Crippen molar-refractivity contribution in [3.8, 4) is 22.5 Å². The molecule has 7 rings (SSSR count). The van der Waals surface area contributed by atoms with E-state index in [1.54, 1.807) is 0 Å². The smallest absolute Gasteiger partial charge is 0.143 e. The first-order chi connectivity index (χ1) is 21.1. The zero-order chi connectivity index (χ0) is 32.1. The van der Waals surface area contributed by atoms with Crippen LogP contribution in [0.2, 0.25) is 0 Å². The summed E-state index contributed by atoms with van der Waals surface area (Å²) in [6.45, 7) is 22.9. The fraction of sp³-hybridized carbons (Fsp3) is 0.349. The molecule has 0 fully saturated rings. The minimum Gasteiger partial charge on any atom is -0.278 e. The minimum atomic E-state index is -0.215. The fourth-order valence-corrected chi connectivity index (χ4v) is 7.21. The first kappa shape index (κ1) is 31.7. The molecule has 4 heterocycles. The van der Waals surface area contributed by atoms with Crippen molar-refractivity contribution in [1.29, 1.82) is 0 Å². The van der Waals surface area contributed by atoms with Gasteiger partial charge in [-0.05, 0) is 45.2 Å². The molecule has 3 heteroatoms. The molecular formula is C43H49N3. The minimum absolute atomic E-state index is 0. The number of hydrogen-bond acceptors (Lipinski definition) is 3. The molecule has 0 aliphatic carbocycles. The van der Waals surface area contributed by atoms with Crippen LogP contribution in [0.1, 0.15) is 110 Å². The summed E-state index contributed by atoms with van der Waals surface area (Å²) in [6.07, 6.45) is 0. The molecule has 2 aliphatic rings. The molecule has 3 nitrogen and oxygen atoms in total. The Labute approximate surface area is 276 Å². The van der Waals surface area contributed by atoms with Crippen molar-refractivity contribution in [2.45, 2.75) is 98.3 Å². The Morgan fingerprint density at radius 2 is 0.848 bits per heavy atom. The van der Waals surface area contributed by atoms with Crippen molar-refractivity contribution in [2.24, 2.45) is 0 Å². The Bertz CT molecular complexity index is 1810. The van der Waals surface area contributed by atoms with E-state index in [1.807, 2.05) is 0 Å². The summed E-state index contributed by atoms with van der Waals surface area (Å²) in [6, 6.07) is 33.6. The molecule has 46 heavy (non-hydrogen) atoms. The first-order valence-corrected chi connectivity index (χ1v) is 16.3. The Morgan fingerprint density at radius 1 is 0.478 bits per heavy atom. The van der Waals surface area contributed by atoms with Crippen LogP contribution in [0.4, 0.5) is 17.3 Å². The average molecular weight is 608 g/mol. The van der Waals surface area contributed by atoms with Gasteiger partial charge in [0.25, 0.3) is 0 Å². The summed E-state index contributed by atoms with van der Waals surface area (Å²) in [5, 5.41) is 0. The second-order valence-corrected chi connectivity index (χ2v) is 16.1. The zero-order valence-corrected chi connectivity index (χ0v) is 28.5. The van der Waals surface area contributed by atoms with Crippen molar-refractivity contribution in [2.75, 3.05) is 4.90 Å². The fourth-order valence-electron chi connectivity index (χ4n) is 7.21. The van der Waals surface area contributed by atoms with E-state index >= 15 is 0 Å². The van der Waals surface area contributed by atoms with E-state index in [4.69, 9.17) is 9.97 Å². The standard InChI is InChI=1S/C42H45N3.CH4/c1-39(2,3)28-18-14-26(15-19-28)34-24-22-32-37(43-34)45-36-30(41(32,7)8)12-11-13-31(36)42(9,10)33-23-25-35(44-38(33)45)27-16-20-29(21-17-27)40(4,5)6;/h11-25H,1-10H3;1H4. The summed E-state index contributed by atoms with van der Waals surface area (Å²) >= 11 is 0. The maximum atomic E-state index is 5.47. The van der Waals surface area contributed by atoms with Crippen LogP contribution in [0.5, 0.6) is 0 Å². The summed E-state index contributed by atoms with van der Waals surface area (Å²) in [5.74, 6) is 1.95. The van der Waals surface area contributed by atoms with E-state index in [2.05, 4.69) is 165 Å². The maximum Gasteiger partial charge on any atom is 0.143 e. The summed E-state index contributed by atoms with van der Waals surface area (Å²) < 4.78 is 0. The number of benzene rings is 3. The van der Waals surface area contributed by atoms with E-state index in [1.165, 1.54) is 39.1 Å². The highest BCUT2D eigenvalue weighted by Gasteiger charge is 2.46. The summed E-state index contributed by atoms with van der Waals surface area (Å²) in [5.41, 5.74) is 12.9. The van der Waals surface area contributed by atoms with Crippen LogP contribution in [-0.2, 0) is 21.7 Å². The predicted octanol–water partition coefficient (Wildman–Crippen LogP) is 11.8. The molecule has 0 atom stereocenters. The van der Waals surface area contributed by atoms with Gasteiger partial charge in [0, 0.05) is 33.1 Å². The third kappa shape index (κ3) is 4.78. The molecule has 3 aromatic carbocycles. The molecule has 0 saturated carbocycles. The highest BCUT2D eigenvalue weighted by Crippen LogP contribution is 2.59. The summed E-state index contributed by atoms with van der Waals surface area (Å²) in [7, 11) is 0. The van der Waals surface area contributed by atoms with Crippen LogP contribution < -0.4 is 4.90 Å². The van der Waals surface area contributed by atoms with Crippen molar-refractivity contribution in [3.63, 3.8) is 0 Å². The predicted molar refractivity (Wildman–Crippen MR) is 196 cm³/mol. The first-order valence-electron chi connectivity index (χ1n) is 16.3. The van der Waals surface area contributed by atoms with Crippen molar-refractivity contribution < 1.29 is 0 Å². The Hall–Kier alpha value is -4.24. The van der Waals surface area contributed by atoms with E-state index in [0.717, 1.165) is 34.2 Å². The van der Waals surface area contributed by atoms with Gasteiger partial charge in [-0.2, -0.15) is 0 Å². The second-order valence-electron chi connectivity index (χ2n) is 16.1. The molecular weight excluding hydrogens is 558 g/mol. The normalized spacial score (nSPS) is 15.7. The molecule has 0 bridgehead atoms. The van der Waals surface area contributed by atoms with E-state index < -0.39 is 0 Å². The van der Waals surface area contributed by atoms with Crippen LogP contribution in [0, 0.1) is 0 Å². The molecule has 5 aromatic rings. The maximum absolute atomic E-state index is 5.47. The highest BCUT2D eigenvalue weighted by atomic mass is 15.3. The number of fused-ring (bicyclic) bond motifs is 4. The molecule has 2 aromatic heterocycles. The Balaban J connectivity index is 0.00000372. The number of para-hydroxylation sites is 1. The summed E-state index contributed by atoms with van der Waals surface area (Å²) in [4.78, 5) is 13.3. The topological polar surface area (TPSA) is 29.0 Å². The molecule has 236 valence electrons. The van der Waals surface area contributed by atoms with Gasteiger partial charge in [-0.15, -0.1) is 0 Å².